The second kappa shape index (κ2) is 13.7. The van der Waals surface area contributed by atoms with E-state index in [0.717, 1.165) is 11.4 Å². The van der Waals surface area contributed by atoms with Crippen molar-refractivity contribution >= 4 is 39.1 Å². The lowest BCUT2D eigenvalue weighted by molar-refractivity contribution is -0.120. The number of benzene rings is 1. The first-order valence-corrected chi connectivity index (χ1v) is 11.7. The number of pyridine rings is 1. The number of hydrogen-bond donors (Lipinski definition) is 6. The minimum Gasteiger partial charge on any atom is -0.507 e. The van der Waals surface area contributed by atoms with Gasteiger partial charge in [0.2, 0.25) is 5.91 Å². The molecule has 1 aromatic carbocycles. The van der Waals surface area contributed by atoms with Gasteiger partial charge in [-0.2, -0.15) is 5.53 Å². The molecule has 7 N–H and O–H groups in total. The highest BCUT2D eigenvalue weighted by molar-refractivity contribution is 8.76. The molecule has 0 aliphatic heterocycles. The fraction of sp³-hybridized carbons (Fsp3) is 0.316. The molecule has 0 saturated heterocycles. The Morgan fingerprint density at radius 2 is 1.90 bits per heavy atom. The predicted octanol–water partition coefficient (Wildman–Crippen LogP) is 2.03. The van der Waals surface area contributed by atoms with Crippen LogP contribution in [0.1, 0.15) is 29.6 Å². The van der Waals surface area contributed by atoms with Gasteiger partial charge in [-0.1, -0.05) is 16.9 Å². The highest BCUT2D eigenvalue weighted by Gasteiger charge is 2.11. The van der Waals surface area contributed by atoms with Crippen molar-refractivity contribution in [3.8, 4) is 5.75 Å². The summed E-state index contributed by atoms with van der Waals surface area (Å²) in [5.74, 6) is 5.36. The molecule has 0 radical (unpaired) electrons. The van der Waals surface area contributed by atoms with Crippen LogP contribution in [-0.2, 0) is 4.79 Å². The summed E-state index contributed by atoms with van der Waals surface area (Å²) in [7, 11) is 3.16. The average Bonchev–Trinajstić information content (AvgIpc) is 2.74. The molecule has 0 unspecified atom stereocenters. The molecule has 0 saturated carbocycles. The molecular formula is C19H26N6O3S2. The molecule has 162 valence electrons. The van der Waals surface area contributed by atoms with E-state index in [9.17, 15) is 14.7 Å². The van der Waals surface area contributed by atoms with E-state index in [2.05, 4.69) is 26.6 Å². The van der Waals surface area contributed by atoms with Gasteiger partial charge in [0.25, 0.3) is 5.91 Å². The predicted molar refractivity (Wildman–Crippen MR) is 121 cm³/mol. The van der Waals surface area contributed by atoms with Gasteiger partial charge in [-0.3, -0.25) is 15.4 Å². The summed E-state index contributed by atoms with van der Waals surface area (Å²) >= 11 is 0. The Morgan fingerprint density at radius 1 is 1.10 bits per heavy atom. The first-order valence-electron chi connectivity index (χ1n) is 9.40. The van der Waals surface area contributed by atoms with Gasteiger partial charge in [-0.15, -0.1) is 0 Å². The standard InChI is InChI=1S/C19H26N6O3S2/c20-25-24-14-6-7-15(16(26)13-14)19(28)23-11-4-3-9-21-17(27)8-12-29-30-18-5-1-2-10-22-18/h1-2,5-7,10,13,24-26H,3-4,8-9,11-12,20H2,(H,21,27)(H,23,28). The van der Waals surface area contributed by atoms with Crippen molar-refractivity contribution in [2.45, 2.75) is 24.3 Å². The number of hydrazine groups is 2. The van der Waals surface area contributed by atoms with Crippen molar-refractivity contribution in [1.82, 2.24) is 21.2 Å². The van der Waals surface area contributed by atoms with Crippen molar-refractivity contribution in [2.75, 3.05) is 24.3 Å². The molecular weight excluding hydrogens is 424 g/mol. The molecule has 0 spiro atoms. The third-order valence-electron chi connectivity index (χ3n) is 3.86. The first-order chi connectivity index (χ1) is 14.6. The molecule has 30 heavy (non-hydrogen) atoms. The number of aromatic nitrogens is 1. The normalized spacial score (nSPS) is 10.4. The number of nitrogens with two attached hydrogens (primary N) is 1. The Hall–Kier alpha value is -2.47. The summed E-state index contributed by atoms with van der Waals surface area (Å²) < 4.78 is 0. The number of amides is 2. The van der Waals surface area contributed by atoms with Gasteiger partial charge in [0.05, 0.1) is 11.3 Å². The molecule has 0 atom stereocenters. The number of carbonyl (C=O) groups excluding carboxylic acids is 2. The van der Waals surface area contributed by atoms with E-state index in [0.29, 0.717) is 37.4 Å². The number of nitrogens with one attached hydrogen (secondary N) is 4. The Morgan fingerprint density at radius 3 is 2.60 bits per heavy atom. The molecule has 0 fully saturated rings. The lowest BCUT2D eigenvalue weighted by Crippen LogP contribution is -2.29. The second-order valence-corrected chi connectivity index (χ2v) is 8.57. The molecule has 1 aromatic heterocycles. The Bertz CT molecular complexity index is 810. The number of nitrogens with zero attached hydrogens (tertiary/aromatic N) is 1. The number of aromatic hydroxyl groups is 1. The fourth-order valence-electron chi connectivity index (χ4n) is 2.38. The van der Waals surface area contributed by atoms with Crippen LogP contribution in [0.4, 0.5) is 5.69 Å². The molecule has 0 aliphatic carbocycles. The molecule has 11 heteroatoms. The molecule has 9 nitrogen and oxygen atoms in total. The van der Waals surface area contributed by atoms with Gasteiger partial charge in [-0.25, -0.2) is 4.98 Å². The number of phenolic OH excluding ortho intramolecular Hbond substituents is 1. The molecule has 2 amide bonds. The number of anilines is 1. The van der Waals surface area contributed by atoms with Crippen LogP contribution in [0.25, 0.3) is 0 Å². The summed E-state index contributed by atoms with van der Waals surface area (Å²) in [6.07, 6.45) is 3.66. The van der Waals surface area contributed by atoms with Crippen LogP contribution in [0, 0.1) is 0 Å². The zero-order valence-electron chi connectivity index (χ0n) is 16.4. The molecule has 2 rings (SSSR count). The van der Waals surface area contributed by atoms with E-state index >= 15 is 0 Å². The van der Waals surface area contributed by atoms with Gasteiger partial charge in [0, 0.05) is 37.5 Å². The van der Waals surface area contributed by atoms with Crippen LogP contribution >= 0.6 is 21.6 Å². The Balaban J connectivity index is 1.52. The van der Waals surface area contributed by atoms with E-state index in [1.807, 2.05) is 18.2 Å². The number of rotatable bonds is 13. The van der Waals surface area contributed by atoms with Crippen LogP contribution in [0.2, 0.25) is 0 Å². The summed E-state index contributed by atoms with van der Waals surface area (Å²) in [4.78, 5) is 28.2. The first kappa shape index (κ1) is 23.8. The molecule has 1 heterocycles. The van der Waals surface area contributed by atoms with Crippen molar-refractivity contribution in [2.24, 2.45) is 5.84 Å². The average molecular weight is 451 g/mol. The maximum Gasteiger partial charge on any atom is 0.255 e. The van der Waals surface area contributed by atoms with Crippen molar-refractivity contribution in [1.29, 1.82) is 0 Å². The molecule has 2 aromatic rings. The van der Waals surface area contributed by atoms with Crippen molar-refractivity contribution in [3.05, 3.63) is 48.2 Å². The van der Waals surface area contributed by atoms with Crippen LogP contribution in [0.3, 0.4) is 0 Å². The zero-order valence-corrected chi connectivity index (χ0v) is 18.0. The minimum atomic E-state index is -0.355. The summed E-state index contributed by atoms with van der Waals surface area (Å²) in [5, 5.41) is 16.5. The largest absolute Gasteiger partial charge is 0.507 e. The van der Waals surface area contributed by atoms with Crippen LogP contribution in [0.15, 0.2) is 47.6 Å². The maximum atomic E-state index is 12.1. The van der Waals surface area contributed by atoms with Crippen LogP contribution < -0.4 is 27.4 Å². The minimum absolute atomic E-state index is 0.0127. The van der Waals surface area contributed by atoms with Crippen molar-refractivity contribution < 1.29 is 14.7 Å². The van der Waals surface area contributed by atoms with E-state index < -0.39 is 0 Å². The van der Waals surface area contributed by atoms with Gasteiger partial charge in [0.15, 0.2) is 0 Å². The third kappa shape index (κ3) is 8.91. The molecule has 0 bridgehead atoms. The highest BCUT2D eigenvalue weighted by Crippen LogP contribution is 2.29. The number of hydrogen-bond acceptors (Lipinski definition) is 9. The summed E-state index contributed by atoms with van der Waals surface area (Å²) in [6, 6.07) is 10.3. The van der Waals surface area contributed by atoms with E-state index in [4.69, 9.17) is 5.84 Å². The van der Waals surface area contributed by atoms with Gasteiger partial charge in [0.1, 0.15) is 10.8 Å². The lowest BCUT2D eigenvalue weighted by Gasteiger charge is -2.09. The van der Waals surface area contributed by atoms with E-state index in [-0.39, 0.29) is 23.1 Å². The van der Waals surface area contributed by atoms with Gasteiger partial charge in [-0.05, 0) is 47.9 Å². The Labute approximate surface area is 183 Å². The SMILES string of the molecule is NNNc1ccc(C(=O)NCCCCNC(=O)CCSSc2ccccn2)c(O)c1. The van der Waals surface area contributed by atoms with Crippen molar-refractivity contribution in [3.63, 3.8) is 0 Å². The highest BCUT2D eigenvalue weighted by atomic mass is 33.1. The monoisotopic (exact) mass is 450 g/mol. The van der Waals surface area contributed by atoms with Crippen LogP contribution in [0.5, 0.6) is 5.75 Å². The number of carbonyl (C=O) groups is 2. The zero-order chi connectivity index (χ0) is 21.6. The smallest absolute Gasteiger partial charge is 0.255 e. The lowest BCUT2D eigenvalue weighted by atomic mass is 10.1. The third-order valence-corrected chi connectivity index (χ3v) is 6.13. The van der Waals surface area contributed by atoms with E-state index in [1.54, 1.807) is 33.9 Å². The molecule has 0 aliphatic rings. The second-order valence-electron chi connectivity index (χ2n) is 6.14. The van der Waals surface area contributed by atoms with Gasteiger partial charge < -0.3 is 21.2 Å². The quantitative estimate of drug-likeness (QED) is 0.117. The summed E-state index contributed by atoms with van der Waals surface area (Å²) in [5.41, 5.74) is 5.58. The van der Waals surface area contributed by atoms with Crippen LogP contribution in [-0.4, -0.2) is 40.7 Å². The van der Waals surface area contributed by atoms with Gasteiger partial charge >= 0.3 is 0 Å². The topological polar surface area (TPSA) is 141 Å². The maximum absolute atomic E-state index is 12.1. The number of phenols is 1. The fourth-order valence-corrected chi connectivity index (χ4v) is 4.25. The summed E-state index contributed by atoms with van der Waals surface area (Å²) in [6.45, 7) is 1.01. The number of unbranched alkanes of at least 4 members (excludes halogenated alkanes) is 1. The Kier molecular flexibility index (Phi) is 10.9. The van der Waals surface area contributed by atoms with E-state index in [1.165, 1.54) is 12.1 Å².